The highest BCUT2D eigenvalue weighted by Gasteiger charge is 2.39. The van der Waals surface area contributed by atoms with E-state index in [1.54, 1.807) is 13.8 Å². The van der Waals surface area contributed by atoms with Gasteiger partial charge in [-0.2, -0.15) is 0 Å². The van der Waals surface area contributed by atoms with Gasteiger partial charge in [-0.25, -0.2) is 0 Å². The van der Waals surface area contributed by atoms with Crippen molar-refractivity contribution in [1.29, 1.82) is 0 Å². The van der Waals surface area contributed by atoms with Crippen molar-refractivity contribution in [3.63, 3.8) is 0 Å². The van der Waals surface area contributed by atoms with Gasteiger partial charge in [0.05, 0.1) is 31.8 Å². The average molecular weight is 360 g/mol. The topological polar surface area (TPSA) is 101 Å². The van der Waals surface area contributed by atoms with E-state index in [9.17, 15) is 9.59 Å². The third kappa shape index (κ3) is 6.31. The highest BCUT2D eigenvalue weighted by molar-refractivity contribution is 5.75. The molecule has 0 aliphatic carbocycles. The quantitative estimate of drug-likeness (QED) is 0.606. The van der Waals surface area contributed by atoms with Crippen LogP contribution >= 0.6 is 0 Å². The van der Waals surface area contributed by atoms with Crippen LogP contribution in [0.5, 0.6) is 0 Å². The van der Waals surface area contributed by atoms with Gasteiger partial charge in [-0.05, 0) is 27.2 Å². The first-order valence-corrected chi connectivity index (χ1v) is 8.61. The van der Waals surface area contributed by atoms with Crippen LogP contribution in [0.4, 0.5) is 0 Å². The first kappa shape index (κ1) is 20.3. The molecule has 2 heterocycles. The molecule has 0 saturated carbocycles. The smallest absolute Gasteiger partial charge is 0.306 e. The molecule has 2 aliphatic rings. The minimum Gasteiger partial charge on any atom is -0.460 e. The van der Waals surface area contributed by atoms with Crippen LogP contribution in [-0.2, 0) is 33.3 Å². The maximum absolute atomic E-state index is 11.9. The Kier molecular flexibility index (Phi) is 6.93. The first-order chi connectivity index (χ1) is 11.7. The number of aliphatic hydroxyl groups is 1. The van der Waals surface area contributed by atoms with Crippen LogP contribution in [0.3, 0.4) is 0 Å². The summed E-state index contributed by atoms with van der Waals surface area (Å²) in [5.41, 5.74) is -0.527. The zero-order valence-electron chi connectivity index (χ0n) is 15.1. The minimum absolute atomic E-state index is 0.00614. The number of rotatable bonds is 9. The van der Waals surface area contributed by atoms with E-state index < -0.39 is 23.6 Å². The Morgan fingerprint density at radius 2 is 1.96 bits per heavy atom. The van der Waals surface area contributed by atoms with Gasteiger partial charge in [0, 0.05) is 12.8 Å². The Bertz CT molecular complexity index is 481. The fraction of sp³-hybridized carbons (Fsp3) is 0.882. The Hall–Kier alpha value is -1.06. The van der Waals surface area contributed by atoms with Crippen molar-refractivity contribution in [2.45, 2.75) is 70.2 Å². The van der Waals surface area contributed by atoms with E-state index in [-0.39, 0.29) is 31.5 Å². The maximum atomic E-state index is 11.9. The van der Waals surface area contributed by atoms with Gasteiger partial charge in [0.1, 0.15) is 18.5 Å². The number of ketones is 1. The number of hydrogen-bond donors (Lipinski definition) is 1. The van der Waals surface area contributed by atoms with Crippen LogP contribution in [0.2, 0.25) is 0 Å². The van der Waals surface area contributed by atoms with Crippen LogP contribution in [-0.4, -0.2) is 67.1 Å². The predicted molar refractivity (Wildman–Crippen MR) is 85.7 cm³/mol. The van der Waals surface area contributed by atoms with E-state index in [0.29, 0.717) is 32.5 Å². The molecule has 4 unspecified atom stereocenters. The summed E-state index contributed by atoms with van der Waals surface area (Å²) in [6.45, 7) is 5.73. The molecule has 8 heteroatoms. The molecule has 2 rings (SSSR count). The Morgan fingerprint density at radius 1 is 1.20 bits per heavy atom. The van der Waals surface area contributed by atoms with Crippen molar-refractivity contribution in [2.75, 3.05) is 26.4 Å². The lowest BCUT2D eigenvalue weighted by atomic mass is 10.0. The number of Topliss-reactive ketones (excluding diaryl/α,β-unsaturated/α-hetero) is 1. The third-order valence-electron chi connectivity index (χ3n) is 4.35. The molecule has 8 nitrogen and oxygen atoms in total. The third-order valence-corrected chi connectivity index (χ3v) is 4.35. The molecule has 4 atom stereocenters. The normalized spacial score (nSPS) is 35.0. The molecule has 2 saturated heterocycles. The minimum atomic E-state index is -0.877. The second kappa shape index (κ2) is 8.55. The van der Waals surface area contributed by atoms with Crippen molar-refractivity contribution in [1.82, 2.24) is 0 Å². The van der Waals surface area contributed by atoms with Crippen LogP contribution in [0, 0.1) is 0 Å². The molecule has 0 bridgehead atoms. The molecular formula is C17H28O8. The van der Waals surface area contributed by atoms with E-state index in [1.165, 1.54) is 0 Å². The lowest BCUT2D eigenvalue weighted by Crippen LogP contribution is -2.30. The summed E-state index contributed by atoms with van der Waals surface area (Å²) in [7, 11) is 0. The molecular weight excluding hydrogens is 332 g/mol. The second-order valence-corrected chi connectivity index (χ2v) is 7.06. The van der Waals surface area contributed by atoms with Gasteiger partial charge in [0.25, 0.3) is 0 Å². The van der Waals surface area contributed by atoms with Gasteiger partial charge in [0.2, 0.25) is 0 Å². The van der Waals surface area contributed by atoms with E-state index in [1.807, 2.05) is 6.92 Å². The molecule has 2 fully saturated rings. The largest absolute Gasteiger partial charge is 0.460 e. The summed E-state index contributed by atoms with van der Waals surface area (Å²) < 4.78 is 27.4. The van der Waals surface area contributed by atoms with E-state index in [4.69, 9.17) is 28.8 Å². The highest BCUT2D eigenvalue weighted by Crippen LogP contribution is 2.29. The summed E-state index contributed by atoms with van der Waals surface area (Å²) in [5, 5.41) is 9.05. The number of ether oxygens (including phenoxy) is 5. The molecule has 0 aromatic rings. The number of carbonyl (C=O) groups excluding carboxylic acids is 2. The summed E-state index contributed by atoms with van der Waals surface area (Å²) in [4.78, 5) is 23.0. The van der Waals surface area contributed by atoms with Crippen molar-refractivity contribution >= 4 is 11.8 Å². The second-order valence-electron chi connectivity index (χ2n) is 7.06. The summed E-state index contributed by atoms with van der Waals surface area (Å²) in [5.74, 6) is -1.17. The molecule has 0 spiro atoms. The molecule has 2 aliphatic heterocycles. The van der Waals surface area contributed by atoms with E-state index in [0.717, 1.165) is 0 Å². The van der Waals surface area contributed by atoms with Gasteiger partial charge in [-0.3, -0.25) is 4.79 Å². The number of esters is 1. The Morgan fingerprint density at radius 3 is 2.60 bits per heavy atom. The number of aliphatic hydroxyl groups excluding tert-OH is 1. The van der Waals surface area contributed by atoms with Crippen molar-refractivity contribution < 1.29 is 38.4 Å². The fourth-order valence-electron chi connectivity index (χ4n) is 2.78. The van der Waals surface area contributed by atoms with Crippen LogP contribution in [0.25, 0.3) is 0 Å². The fourth-order valence-corrected chi connectivity index (χ4v) is 2.78. The average Bonchev–Trinajstić information content (AvgIpc) is 3.13. The van der Waals surface area contributed by atoms with E-state index >= 15 is 0 Å². The molecule has 0 aromatic carbocycles. The van der Waals surface area contributed by atoms with Crippen molar-refractivity contribution in [3.8, 4) is 0 Å². The lowest BCUT2D eigenvalue weighted by Gasteiger charge is -2.23. The lowest BCUT2D eigenvalue weighted by molar-refractivity contribution is -0.176. The highest BCUT2D eigenvalue weighted by atomic mass is 16.8. The monoisotopic (exact) mass is 360 g/mol. The van der Waals surface area contributed by atoms with Crippen LogP contribution < -0.4 is 0 Å². The van der Waals surface area contributed by atoms with E-state index in [2.05, 4.69) is 0 Å². The van der Waals surface area contributed by atoms with Crippen molar-refractivity contribution in [3.05, 3.63) is 0 Å². The molecule has 25 heavy (non-hydrogen) atoms. The summed E-state index contributed by atoms with van der Waals surface area (Å²) >= 11 is 0. The number of hydrogen-bond acceptors (Lipinski definition) is 8. The van der Waals surface area contributed by atoms with Gasteiger partial charge in [-0.1, -0.05) is 0 Å². The predicted octanol–water partition coefficient (Wildman–Crippen LogP) is 0.934. The zero-order valence-corrected chi connectivity index (χ0v) is 15.1. The first-order valence-electron chi connectivity index (χ1n) is 8.61. The molecule has 0 amide bonds. The van der Waals surface area contributed by atoms with Gasteiger partial charge >= 0.3 is 5.97 Å². The van der Waals surface area contributed by atoms with Crippen molar-refractivity contribution in [2.24, 2.45) is 0 Å². The summed E-state index contributed by atoms with van der Waals surface area (Å²) in [6.07, 6.45) is 0.503. The molecule has 0 aromatic heterocycles. The zero-order chi connectivity index (χ0) is 18.5. The standard InChI is InChI=1S/C17H28O8/c1-12(19)4-6-16(2)11-22-15(25-16)10-21-14(20)5-7-17(3)23-9-13(8-18)24-17/h13,15,18H,4-11H2,1-3H3. The number of carbonyl (C=O) groups is 2. The van der Waals surface area contributed by atoms with Gasteiger partial charge < -0.3 is 33.6 Å². The Balaban J connectivity index is 1.65. The van der Waals surface area contributed by atoms with Crippen LogP contribution in [0.15, 0.2) is 0 Å². The van der Waals surface area contributed by atoms with Gasteiger partial charge in [0.15, 0.2) is 12.1 Å². The SMILES string of the molecule is CC(=O)CCC1(C)COC(COC(=O)CCC2(C)OCC(CO)O2)O1. The molecule has 1 N–H and O–H groups in total. The Labute approximate surface area is 147 Å². The summed E-state index contributed by atoms with van der Waals surface area (Å²) in [6, 6.07) is 0. The van der Waals surface area contributed by atoms with Crippen LogP contribution in [0.1, 0.15) is 46.5 Å². The maximum Gasteiger partial charge on any atom is 0.306 e. The molecule has 0 radical (unpaired) electrons. The molecule has 144 valence electrons. The van der Waals surface area contributed by atoms with Gasteiger partial charge in [-0.15, -0.1) is 0 Å².